The number of carbonyl (C=O) groups excluding carboxylic acids is 2. The number of amides is 2. The molecule has 0 saturated carbocycles. The van der Waals surface area contributed by atoms with Crippen LogP contribution in [0, 0.1) is 12.8 Å². The number of nitrogens with zero attached hydrogens (tertiary/aromatic N) is 9. The fourth-order valence-corrected chi connectivity index (χ4v) is 13.6. The summed E-state index contributed by atoms with van der Waals surface area (Å²) >= 11 is 1.60. The van der Waals surface area contributed by atoms with Gasteiger partial charge in [0.25, 0.3) is 0 Å². The molecule has 2 bridgehead atoms. The number of rotatable bonds is 14. The van der Waals surface area contributed by atoms with E-state index in [9.17, 15) is 19.8 Å². The van der Waals surface area contributed by atoms with E-state index in [4.69, 9.17) is 24.2 Å². The molecule has 3 aromatic carbocycles. The van der Waals surface area contributed by atoms with Gasteiger partial charge in [0.1, 0.15) is 30.1 Å². The number of phenolic OH excluding ortho intramolecular Hbond substituents is 1. The zero-order valence-corrected chi connectivity index (χ0v) is 44.9. The maximum Gasteiger partial charge on any atom is 0.319 e. The second-order valence-electron chi connectivity index (χ2n) is 22.2. The van der Waals surface area contributed by atoms with Gasteiger partial charge in [-0.05, 0) is 85.0 Å². The third-order valence-corrected chi connectivity index (χ3v) is 17.9. The highest BCUT2D eigenvalue weighted by atomic mass is 32.1. The molecule has 3 unspecified atom stereocenters. The van der Waals surface area contributed by atoms with Crippen molar-refractivity contribution in [3.8, 4) is 33.5 Å². The molecule has 7 atom stereocenters. The van der Waals surface area contributed by atoms with Crippen LogP contribution in [0.3, 0.4) is 0 Å². The topological polar surface area (TPSA) is 198 Å². The summed E-state index contributed by atoms with van der Waals surface area (Å²) in [5.74, 6) is 0.750. The molecule has 0 spiro atoms. The number of hydrogen-bond donors (Lipinski definition) is 4. The molecule has 4 fully saturated rings. The first kappa shape index (κ1) is 50.1. The molecule has 12 rings (SSSR count). The Morgan fingerprint density at radius 2 is 1.76 bits per heavy atom. The highest BCUT2D eigenvalue weighted by molar-refractivity contribution is 7.13. The van der Waals surface area contributed by atoms with Crippen molar-refractivity contribution in [3.05, 3.63) is 101 Å². The standard InChI is InChI=1S/C58H67N11O6S/c1-31(2)49(57(73)69-29-42(71)24-46(69)56(72)61-33(4)35-10-12-36(13-11-35)54-34(5)60-30-76-54)47-25-48(65-75-47)66(6)40-16-18-67(19-17-40)20-21-74-58-63-53-45(55(64-58)68-27-38-14-15-39(28-68)62-38)26-59-52-44-23-41(70)22-37-8-7-9-43(51(37)44)32(3)50(52)53/h7-13,22-23,25-26,30-33,38-40,42,46,49,62,70-71H,14-21,24,27-29H2,1-6H3,(H,61,72)/t32?,33-,38?,39?,42+,46-,49+/m0/s1. The van der Waals surface area contributed by atoms with Crippen LogP contribution in [0.25, 0.3) is 43.4 Å². The third kappa shape index (κ3) is 9.30. The Bertz CT molecular complexity index is 3310. The number of aliphatic hydroxyl groups excluding tert-OH is 1. The quantitative estimate of drug-likeness (QED) is 0.0818. The number of aromatic hydroxyl groups is 1. The van der Waals surface area contributed by atoms with E-state index in [2.05, 4.69) is 54.5 Å². The zero-order chi connectivity index (χ0) is 52.5. The summed E-state index contributed by atoms with van der Waals surface area (Å²) in [6.45, 7) is 14.7. The normalized spacial score (nSPS) is 22.3. The fraction of sp³-hybridized carbons (Fsp3) is 0.466. The average Bonchev–Trinajstić information content (AvgIpc) is 4.38. The maximum atomic E-state index is 14.5. The van der Waals surface area contributed by atoms with Crippen LogP contribution in [0.15, 0.2) is 76.9 Å². The number of hydrogen-bond acceptors (Lipinski definition) is 16. The molecule has 8 heterocycles. The fourth-order valence-electron chi connectivity index (χ4n) is 12.8. The first-order valence-electron chi connectivity index (χ1n) is 27.1. The maximum absolute atomic E-state index is 14.5. The van der Waals surface area contributed by atoms with Gasteiger partial charge in [0.15, 0.2) is 11.6 Å². The molecular weight excluding hydrogens is 979 g/mol. The molecule has 5 aliphatic rings. The van der Waals surface area contributed by atoms with Crippen molar-refractivity contribution in [3.63, 3.8) is 0 Å². The zero-order valence-electron chi connectivity index (χ0n) is 44.1. The van der Waals surface area contributed by atoms with Crippen LogP contribution in [0.5, 0.6) is 11.8 Å². The first-order valence-corrected chi connectivity index (χ1v) is 28.0. The lowest BCUT2D eigenvalue weighted by Gasteiger charge is -2.36. The highest BCUT2D eigenvalue weighted by Gasteiger charge is 2.44. The lowest BCUT2D eigenvalue weighted by Crippen LogP contribution is -2.51. The number of β-amino-alcohol motifs (C(OH)–C–C–N with tert-alkyl or cyclic N) is 1. The summed E-state index contributed by atoms with van der Waals surface area (Å²) in [7, 11) is 2.03. The van der Waals surface area contributed by atoms with Gasteiger partial charge in [0.2, 0.25) is 11.8 Å². The highest BCUT2D eigenvalue weighted by Crippen LogP contribution is 2.49. The first-order chi connectivity index (χ1) is 36.8. The number of ether oxygens (including phenoxy) is 1. The molecule has 7 aromatic rings. The number of aryl methyl sites for hydroxylation is 1. The van der Waals surface area contributed by atoms with E-state index in [0.29, 0.717) is 42.8 Å². The Kier molecular flexibility index (Phi) is 13.4. The van der Waals surface area contributed by atoms with Crippen LogP contribution in [0.2, 0.25) is 0 Å². The molecule has 0 radical (unpaired) electrons. The molecule has 2 amide bonds. The number of piperidine rings is 1. The van der Waals surface area contributed by atoms with E-state index in [1.54, 1.807) is 11.3 Å². The lowest BCUT2D eigenvalue weighted by molar-refractivity contribution is -0.141. The summed E-state index contributed by atoms with van der Waals surface area (Å²) in [5.41, 5.74) is 9.64. The summed E-state index contributed by atoms with van der Waals surface area (Å²) in [6, 6.07) is 20.1. The second kappa shape index (κ2) is 20.3. The molecule has 4 saturated heterocycles. The van der Waals surface area contributed by atoms with E-state index in [1.165, 1.54) is 10.5 Å². The minimum absolute atomic E-state index is 0.00603. The Hall–Kier alpha value is -6.73. The number of piperazine rings is 1. The number of phenols is 1. The Morgan fingerprint density at radius 3 is 2.50 bits per heavy atom. The molecule has 396 valence electrons. The van der Waals surface area contributed by atoms with Crippen LogP contribution >= 0.6 is 11.3 Å². The summed E-state index contributed by atoms with van der Waals surface area (Å²) in [6.07, 6.45) is 5.34. The number of anilines is 2. The minimum atomic E-state index is -0.825. The van der Waals surface area contributed by atoms with Gasteiger partial charge in [-0.1, -0.05) is 68.4 Å². The summed E-state index contributed by atoms with van der Waals surface area (Å²) in [4.78, 5) is 57.8. The van der Waals surface area contributed by atoms with Gasteiger partial charge in [0.05, 0.1) is 44.8 Å². The van der Waals surface area contributed by atoms with Gasteiger partial charge >= 0.3 is 6.01 Å². The molecule has 17 nitrogen and oxygen atoms in total. The van der Waals surface area contributed by atoms with E-state index in [0.717, 1.165) is 118 Å². The number of thiazole rings is 1. The predicted octanol–water partition coefficient (Wildman–Crippen LogP) is 7.93. The van der Waals surface area contributed by atoms with Crippen LogP contribution in [0.4, 0.5) is 11.6 Å². The number of carbonyl (C=O) groups is 2. The number of aromatic nitrogens is 5. The van der Waals surface area contributed by atoms with Gasteiger partial charge in [-0.25, -0.2) is 4.98 Å². The van der Waals surface area contributed by atoms with Gasteiger partial charge in [-0.3, -0.25) is 19.5 Å². The number of aliphatic hydroxyl groups is 1. The van der Waals surface area contributed by atoms with E-state index in [1.807, 2.05) is 95.0 Å². The lowest BCUT2D eigenvalue weighted by atomic mass is 9.79. The minimum Gasteiger partial charge on any atom is -0.508 e. The molecule has 4 aromatic heterocycles. The molecule has 4 N–H and O–H groups in total. The van der Waals surface area contributed by atoms with Gasteiger partial charge in [-0.2, -0.15) is 9.97 Å². The number of nitrogens with one attached hydrogen (secondary N) is 2. The molecular formula is C58H67N11O6S. The van der Waals surface area contributed by atoms with Crippen LogP contribution in [-0.2, 0) is 9.59 Å². The number of fused-ring (bicyclic) bond motifs is 6. The summed E-state index contributed by atoms with van der Waals surface area (Å²) in [5, 5.41) is 36.1. The van der Waals surface area contributed by atoms with E-state index in [-0.39, 0.29) is 54.4 Å². The van der Waals surface area contributed by atoms with E-state index < -0.39 is 18.1 Å². The SMILES string of the molecule is Cc1ncsc1-c1ccc([C@H](C)NC(=O)[C@@H]2C[C@@H](O)CN2C(=O)[C@@H](c2cc(N(C)C3CCN(CCOc4nc(N5CC6CCC(C5)N6)c5cnc6c(c5n4)C(C)c4cccc5cc(O)cc-6c45)CC3)no2)C(C)C)cc1. The van der Waals surface area contributed by atoms with Crippen LogP contribution < -0.4 is 25.2 Å². The van der Waals surface area contributed by atoms with Crippen molar-refractivity contribution in [1.29, 1.82) is 0 Å². The average molecular weight is 1050 g/mol. The Balaban J connectivity index is 0.693. The van der Waals surface area contributed by atoms with Crippen molar-refractivity contribution in [2.75, 3.05) is 62.7 Å². The third-order valence-electron chi connectivity index (χ3n) is 16.9. The summed E-state index contributed by atoms with van der Waals surface area (Å²) < 4.78 is 12.5. The number of pyridine rings is 1. The predicted molar refractivity (Wildman–Crippen MR) is 294 cm³/mol. The van der Waals surface area contributed by atoms with Crippen molar-refractivity contribution in [2.45, 2.75) is 115 Å². The van der Waals surface area contributed by atoms with Crippen molar-refractivity contribution >= 4 is 56.5 Å². The van der Waals surface area contributed by atoms with Gasteiger partial charge in [0, 0.05) is 100 Å². The van der Waals surface area contributed by atoms with Crippen molar-refractivity contribution in [1.82, 2.24) is 45.5 Å². The Labute approximate surface area is 446 Å². The van der Waals surface area contributed by atoms with Crippen LogP contribution in [-0.4, -0.2) is 140 Å². The molecule has 18 heteroatoms. The van der Waals surface area contributed by atoms with Crippen LogP contribution in [0.1, 0.15) is 106 Å². The van der Waals surface area contributed by atoms with Crippen molar-refractivity contribution < 1.29 is 29.1 Å². The van der Waals surface area contributed by atoms with Gasteiger partial charge < -0.3 is 44.8 Å². The second-order valence-corrected chi connectivity index (χ2v) is 23.0. The van der Waals surface area contributed by atoms with Gasteiger partial charge in [-0.15, -0.1) is 11.3 Å². The van der Waals surface area contributed by atoms with E-state index >= 15 is 0 Å². The largest absolute Gasteiger partial charge is 0.508 e. The number of benzene rings is 3. The van der Waals surface area contributed by atoms with Crippen molar-refractivity contribution in [2.24, 2.45) is 5.92 Å². The Morgan fingerprint density at radius 1 is 0.987 bits per heavy atom. The molecule has 76 heavy (non-hydrogen) atoms. The monoisotopic (exact) mass is 1050 g/mol. The number of likely N-dealkylation sites (tertiary alicyclic amines) is 2. The molecule has 1 aliphatic carbocycles. The molecule has 4 aliphatic heterocycles. The smallest absolute Gasteiger partial charge is 0.319 e.